The summed E-state index contributed by atoms with van der Waals surface area (Å²) in [5, 5.41) is 9.83. The molecule has 20 heavy (non-hydrogen) atoms. The number of carboxylic acid groups (broad SMARTS) is 1. The molecule has 0 saturated heterocycles. The average molecular weight is 289 g/mol. The van der Waals surface area contributed by atoms with Gasteiger partial charge in [-0.1, -0.05) is 41.9 Å². The van der Waals surface area contributed by atoms with E-state index in [9.17, 15) is 14.7 Å². The van der Waals surface area contributed by atoms with E-state index in [-0.39, 0.29) is 12.2 Å². The fourth-order valence-corrected chi connectivity index (χ4v) is 2.10. The first-order chi connectivity index (χ1) is 9.58. The topological polar surface area (TPSA) is 54.4 Å². The van der Waals surface area contributed by atoms with Crippen LogP contribution in [0.2, 0.25) is 5.02 Å². The van der Waals surface area contributed by atoms with Crippen LogP contribution in [0.3, 0.4) is 0 Å². The van der Waals surface area contributed by atoms with Crippen molar-refractivity contribution in [3.63, 3.8) is 0 Å². The summed E-state index contributed by atoms with van der Waals surface area (Å²) in [6, 6.07) is 15.2. The molecule has 0 aromatic heterocycles. The quantitative estimate of drug-likeness (QED) is 0.852. The maximum absolute atomic E-state index is 12.1. The lowest BCUT2D eigenvalue weighted by Crippen LogP contribution is -2.16. The van der Waals surface area contributed by atoms with Crippen molar-refractivity contribution < 1.29 is 14.7 Å². The van der Waals surface area contributed by atoms with E-state index in [1.54, 1.807) is 48.5 Å². The molecule has 2 aromatic carbocycles. The summed E-state index contributed by atoms with van der Waals surface area (Å²) in [5.41, 5.74) is 1.10. The van der Waals surface area contributed by atoms with Gasteiger partial charge in [-0.2, -0.15) is 0 Å². The zero-order valence-corrected chi connectivity index (χ0v) is 11.4. The van der Waals surface area contributed by atoms with Gasteiger partial charge in [0.1, 0.15) is 0 Å². The van der Waals surface area contributed by atoms with Crippen LogP contribution >= 0.6 is 11.6 Å². The van der Waals surface area contributed by atoms with Crippen LogP contribution in [0.4, 0.5) is 0 Å². The minimum Gasteiger partial charge on any atom is -0.481 e. The second kappa shape index (κ2) is 6.35. The molecule has 0 saturated carbocycles. The number of ketones is 1. The summed E-state index contributed by atoms with van der Waals surface area (Å²) in [6.45, 7) is 0. The van der Waals surface area contributed by atoms with Gasteiger partial charge >= 0.3 is 5.97 Å². The molecule has 4 heteroatoms. The van der Waals surface area contributed by atoms with Gasteiger partial charge in [-0.3, -0.25) is 9.59 Å². The van der Waals surface area contributed by atoms with Crippen LogP contribution in [-0.2, 0) is 4.79 Å². The monoisotopic (exact) mass is 288 g/mol. The zero-order valence-electron chi connectivity index (χ0n) is 10.6. The number of aliphatic carboxylic acids is 1. The van der Waals surface area contributed by atoms with Gasteiger partial charge in [0.05, 0.1) is 5.92 Å². The van der Waals surface area contributed by atoms with E-state index in [1.807, 2.05) is 6.07 Å². The van der Waals surface area contributed by atoms with Crippen LogP contribution in [0.5, 0.6) is 0 Å². The summed E-state index contributed by atoms with van der Waals surface area (Å²) in [5.74, 6) is -2.05. The van der Waals surface area contributed by atoms with Gasteiger partial charge < -0.3 is 5.11 Å². The smallest absolute Gasteiger partial charge is 0.311 e. The first-order valence-corrected chi connectivity index (χ1v) is 6.52. The molecule has 2 rings (SSSR count). The minimum atomic E-state index is -1.00. The highest BCUT2D eigenvalue weighted by Crippen LogP contribution is 2.22. The van der Waals surface area contributed by atoms with Gasteiger partial charge in [0, 0.05) is 17.0 Å². The van der Waals surface area contributed by atoms with Crippen LogP contribution in [0, 0.1) is 0 Å². The van der Waals surface area contributed by atoms with Crippen molar-refractivity contribution in [2.24, 2.45) is 0 Å². The molecule has 1 atom stereocenters. The first-order valence-electron chi connectivity index (χ1n) is 6.14. The van der Waals surface area contributed by atoms with Gasteiger partial charge in [-0.15, -0.1) is 0 Å². The Kier molecular flexibility index (Phi) is 4.53. The van der Waals surface area contributed by atoms with Gasteiger partial charge in [-0.25, -0.2) is 0 Å². The number of hydrogen-bond donors (Lipinski definition) is 1. The van der Waals surface area contributed by atoms with Crippen LogP contribution in [-0.4, -0.2) is 16.9 Å². The molecule has 1 N–H and O–H groups in total. The molecule has 0 aliphatic heterocycles. The van der Waals surface area contributed by atoms with E-state index < -0.39 is 11.9 Å². The molecular weight excluding hydrogens is 276 g/mol. The number of carbonyl (C=O) groups excluding carboxylic acids is 1. The second-order valence-electron chi connectivity index (χ2n) is 4.44. The van der Waals surface area contributed by atoms with Crippen LogP contribution in [0.15, 0.2) is 54.6 Å². The SMILES string of the molecule is O=C(C[C@@H](C(=O)O)c1ccccc1)c1ccc(Cl)cc1. The Balaban J connectivity index is 2.19. The normalized spacial score (nSPS) is 11.8. The lowest BCUT2D eigenvalue weighted by molar-refractivity contribution is -0.138. The summed E-state index contributed by atoms with van der Waals surface area (Å²) >= 11 is 5.76. The molecule has 0 aliphatic carbocycles. The number of Topliss-reactive ketones (excluding diaryl/α,β-unsaturated/α-hetero) is 1. The maximum Gasteiger partial charge on any atom is 0.311 e. The van der Waals surface area contributed by atoms with E-state index in [0.717, 1.165) is 0 Å². The van der Waals surface area contributed by atoms with Crippen molar-refractivity contribution in [2.45, 2.75) is 12.3 Å². The number of hydrogen-bond acceptors (Lipinski definition) is 2. The number of carbonyl (C=O) groups is 2. The average Bonchev–Trinajstić information content (AvgIpc) is 2.46. The molecule has 0 heterocycles. The third kappa shape index (κ3) is 3.45. The zero-order chi connectivity index (χ0) is 14.5. The highest BCUT2D eigenvalue weighted by Gasteiger charge is 2.23. The predicted molar refractivity (Wildman–Crippen MR) is 77.2 cm³/mol. The predicted octanol–water partition coefficient (Wildman–Crippen LogP) is 3.78. The number of halogens is 1. The highest BCUT2D eigenvalue weighted by molar-refractivity contribution is 6.30. The molecule has 2 aromatic rings. The van der Waals surface area contributed by atoms with Crippen molar-refractivity contribution in [1.29, 1.82) is 0 Å². The van der Waals surface area contributed by atoms with Crippen molar-refractivity contribution in [2.75, 3.05) is 0 Å². The largest absolute Gasteiger partial charge is 0.481 e. The Labute approximate surface area is 121 Å². The molecule has 0 radical (unpaired) electrons. The van der Waals surface area contributed by atoms with Crippen molar-refractivity contribution in [3.05, 3.63) is 70.7 Å². The van der Waals surface area contributed by atoms with E-state index in [2.05, 4.69) is 0 Å². The van der Waals surface area contributed by atoms with Crippen molar-refractivity contribution in [3.8, 4) is 0 Å². The van der Waals surface area contributed by atoms with Crippen LogP contribution in [0.25, 0.3) is 0 Å². The fraction of sp³-hybridized carbons (Fsp3) is 0.125. The minimum absolute atomic E-state index is 0.0685. The van der Waals surface area contributed by atoms with E-state index in [1.165, 1.54) is 0 Å². The molecule has 0 spiro atoms. The second-order valence-corrected chi connectivity index (χ2v) is 4.87. The number of carboxylic acids is 1. The molecule has 3 nitrogen and oxygen atoms in total. The van der Waals surface area contributed by atoms with Crippen LogP contribution in [0.1, 0.15) is 28.3 Å². The molecule has 0 fully saturated rings. The lowest BCUT2D eigenvalue weighted by atomic mass is 9.92. The van der Waals surface area contributed by atoms with Crippen LogP contribution < -0.4 is 0 Å². The Hall–Kier alpha value is -2.13. The molecule has 0 bridgehead atoms. The van der Waals surface area contributed by atoms with E-state index >= 15 is 0 Å². The summed E-state index contributed by atoms with van der Waals surface area (Å²) in [4.78, 5) is 23.5. The van der Waals surface area contributed by atoms with Crippen molar-refractivity contribution in [1.82, 2.24) is 0 Å². The molecule has 0 unspecified atom stereocenters. The summed E-state index contributed by atoms with van der Waals surface area (Å²) in [7, 11) is 0. The van der Waals surface area contributed by atoms with E-state index in [4.69, 9.17) is 11.6 Å². The maximum atomic E-state index is 12.1. The Bertz CT molecular complexity index is 605. The molecular formula is C16H13ClO3. The summed E-state index contributed by atoms with van der Waals surface area (Å²) in [6.07, 6.45) is -0.0685. The van der Waals surface area contributed by atoms with E-state index in [0.29, 0.717) is 16.1 Å². The Morgan fingerprint density at radius 3 is 2.15 bits per heavy atom. The third-order valence-corrected chi connectivity index (χ3v) is 3.31. The Morgan fingerprint density at radius 2 is 1.60 bits per heavy atom. The molecule has 0 aliphatic rings. The third-order valence-electron chi connectivity index (χ3n) is 3.06. The number of rotatable bonds is 5. The Morgan fingerprint density at radius 1 is 1.00 bits per heavy atom. The number of benzene rings is 2. The van der Waals surface area contributed by atoms with Gasteiger partial charge in [-0.05, 0) is 29.8 Å². The lowest BCUT2D eigenvalue weighted by Gasteiger charge is -2.12. The first kappa shape index (κ1) is 14.3. The van der Waals surface area contributed by atoms with Gasteiger partial charge in [0.25, 0.3) is 0 Å². The summed E-state index contributed by atoms with van der Waals surface area (Å²) < 4.78 is 0. The molecule has 0 amide bonds. The standard InChI is InChI=1S/C16H13ClO3/c17-13-8-6-12(7-9-13)15(18)10-14(16(19)20)11-4-2-1-3-5-11/h1-9,14H,10H2,(H,19,20)/t14-/m1/s1. The van der Waals surface area contributed by atoms with Gasteiger partial charge in [0.15, 0.2) is 5.78 Å². The highest BCUT2D eigenvalue weighted by atomic mass is 35.5. The fourth-order valence-electron chi connectivity index (χ4n) is 1.97. The van der Waals surface area contributed by atoms with Crippen molar-refractivity contribution >= 4 is 23.4 Å². The van der Waals surface area contributed by atoms with Gasteiger partial charge in [0.2, 0.25) is 0 Å². The molecule has 102 valence electrons.